The standard InChI is InChI=1S/C7H10N2O/c1-4-8-7(10)9(5-2)6-3/h4-6H,1-3H2,(H,8,10). The number of rotatable bonds is 3. The summed E-state index contributed by atoms with van der Waals surface area (Å²) in [5.74, 6) is 0. The van der Waals surface area contributed by atoms with Crippen molar-refractivity contribution in [1.29, 1.82) is 0 Å². The van der Waals surface area contributed by atoms with E-state index in [-0.39, 0.29) is 6.03 Å². The van der Waals surface area contributed by atoms with Crippen molar-refractivity contribution < 1.29 is 4.79 Å². The van der Waals surface area contributed by atoms with Crippen molar-refractivity contribution in [2.75, 3.05) is 0 Å². The summed E-state index contributed by atoms with van der Waals surface area (Å²) < 4.78 is 0. The van der Waals surface area contributed by atoms with Crippen LogP contribution in [0.25, 0.3) is 0 Å². The van der Waals surface area contributed by atoms with Crippen molar-refractivity contribution >= 4 is 6.03 Å². The van der Waals surface area contributed by atoms with Gasteiger partial charge in [0, 0.05) is 12.4 Å². The minimum atomic E-state index is -0.319. The quantitative estimate of drug-likeness (QED) is 0.628. The summed E-state index contributed by atoms with van der Waals surface area (Å²) in [6.07, 6.45) is 4.00. The molecule has 10 heavy (non-hydrogen) atoms. The van der Waals surface area contributed by atoms with Crippen LogP contribution in [0.1, 0.15) is 0 Å². The zero-order chi connectivity index (χ0) is 7.98. The molecule has 0 aliphatic heterocycles. The van der Waals surface area contributed by atoms with Crippen molar-refractivity contribution in [3.05, 3.63) is 38.3 Å². The molecule has 0 aromatic rings. The number of nitrogens with one attached hydrogen (secondary N) is 1. The molecule has 0 aromatic heterocycles. The van der Waals surface area contributed by atoms with E-state index in [0.717, 1.165) is 0 Å². The lowest BCUT2D eigenvalue weighted by molar-refractivity contribution is 0.230. The second kappa shape index (κ2) is 4.38. The Labute approximate surface area is 60.3 Å². The third-order valence-corrected chi connectivity index (χ3v) is 0.853. The lowest BCUT2D eigenvalue weighted by Crippen LogP contribution is -2.28. The van der Waals surface area contributed by atoms with Crippen molar-refractivity contribution in [2.45, 2.75) is 0 Å². The van der Waals surface area contributed by atoms with Crippen molar-refractivity contribution in [3.63, 3.8) is 0 Å². The molecule has 0 heterocycles. The second-order valence-electron chi connectivity index (χ2n) is 1.43. The molecule has 3 heteroatoms. The highest BCUT2D eigenvalue weighted by Crippen LogP contribution is 1.88. The molecule has 0 unspecified atom stereocenters. The molecule has 0 bridgehead atoms. The Bertz CT molecular complexity index is 155. The monoisotopic (exact) mass is 138 g/mol. The third-order valence-electron chi connectivity index (χ3n) is 0.853. The van der Waals surface area contributed by atoms with E-state index in [1.54, 1.807) is 0 Å². The van der Waals surface area contributed by atoms with Crippen LogP contribution in [-0.2, 0) is 0 Å². The Morgan fingerprint density at radius 2 is 1.80 bits per heavy atom. The molecule has 3 nitrogen and oxygen atoms in total. The zero-order valence-corrected chi connectivity index (χ0v) is 5.71. The van der Waals surface area contributed by atoms with Crippen LogP contribution in [0.15, 0.2) is 38.3 Å². The minimum Gasteiger partial charge on any atom is -0.315 e. The van der Waals surface area contributed by atoms with E-state index in [1.807, 2.05) is 0 Å². The van der Waals surface area contributed by atoms with Gasteiger partial charge in [-0.1, -0.05) is 19.7 Å². The first-order chi connectivity index (χ1) is 4.76. The summed E-state index contributed by atoms with van der Waals surface area (Å²) >= 11 is 0. The fourth-order valence-corrected chi connectivity index (χ4v) is 0.402. The van der Waals surface area contributed by atoms with Gasteiger partial charge in [-0.15, -0.1) is 0 Å². The second-order valence-corrected chi connectivity index (χ2v) is 1.43. The van der Waals surface area contributed by atoms with Crippen LogP contribution in [0.2, 0.25) is 0 Å². The fourth-order valence-electron chi connectivity index (χ4n) is 0.402. The maximum atomic E-state index is 10.8. The third kappa shape index (κ3) is 2.17. The van der Waals surface area contributed by atoms with Crippen LogP contribution in [0.5, 0.6) is 0 Å². The van der Waals surface area contributed by atoms with Crippen molar-refractivity contribution in [2.24, 2.45) is 0 Å². The van der Waals surface area contributed by atoms with E-state index in [9.17, 15) is 4.79 Å². The van der Waals surface area contributed by atoms with Gasteiger partial charge in [0.1, 0.15) is 0 Å². The molecule has 0 saturated carbocycles. The van der Waals surface area contributed by atoms with Crippen molar-refractivity contribution in [1.82, 2.24) is 10.2 Å². The lowest BCUT2D eigenvalue weighted by Gasteiger charge is -2.10. The highest BCUT2D eigenvalue weighted by Gasteiger charge is 2.01. The summed E-state index contributed by atoms with van der Waals surface area (Å²) in [5, 5.41) is 2.36. The number of urea groups is 1. The molecule has 0 aliphatic carbocycles. The van der Waals surface area contributed by atoms with Gasteiger partial charge in [-0.25, -0.2) is 4.79 Å². The normalized spacial score (nSPS) is 7.60. The maximum Gasteiger partial charge on any atom is 0.329 e. The Morgan fingerprint density at radius 3 is 2.10 bits per heavy atom. The van der Waals surface area contributed by atoms with E-state index < -0.39 is 0 Å². The average molecular weight is 138 g/mol. The molecule has 0 atom stereocenters. The molecule has 0 saturated heterocycles. The first kappa shape index (κ1) is 8.49. The van der Waals surface area contributed by atoms with Crippen LogP contribution in [-0.4, -0.2) is 10.9 Å². The number of carbonyl (C=O) groups excluding carboxylic acids is 1. The molecule has 2 amide bonds. The molecule has 1 N–H and O–H groups in total. The Balaban J connectivity index is 4.00. The highest BCUT2D eigenvalue weighted by atomic mass is 16.2. The van der Waals surface area contributed by atoms with Crippen molar-refractivity contribution in [3.8, 4) is 0 Å². The number of hydrogen-bond acceptors (Lipinski definition) is 1. The zero-order valence-electron chi connectivity index (χ0n) is 5.71. The number of carbonyl (C=O) groups is 1. The Morgan fingerprint density at radius 1 is 1.30 bits per heavy atom. The van der Waals surface area contributed by atoms with Gasteiger partial charge in [-0.3, -0.25) is 4.90 Å². The number of nitrogens with zero attached hydrogens (tertiary/aromatic N) is 1. The Hall–Kier alpha value is -1.51. The average Bonchev–Trinajstić information content (AvgIpc) is 1.91. The summed E-state index contributed by atoms with van der Waals surface area (Å²) in [7, 11) is 0. The van der Waals surface area contributed by atoms with Gasteiger partial charge in [-0.2, -0.15) is 0 Å². The van der Waals surface area contributed by atoms with E-state index in [2.05, 4.69) is 25.1 Å². The van der Waals surface area contributed by atoms with Gasteiger partial charge in [0.2, 0.25) is 0 Å². The summed E-state index contributed by atoms with van der Waals surface area (Å²) in [6, 6.07) is -0.319. The molecular formula is C7H10N2O. The predicted molar refractivity (Wildman–Crippen MR) is 41.0 cm³/mol. The summed E-state index contributed by atoms with van der Waals surface area (Å²) in [5.41, 5.74) is 0. The van der Waals surface area contributed by atoms with Crippen LogP contribution < -0.4 is 5.32 Å². The molecule has 0 radical (unpaired) electrons. The van der Waals surface area contributed by atoms with Gasteiger partial charge in [0.25, 0.3) is 0 Å². The van der Waals surface area contributed by atoms with Crippen LogP contribution >= 0.6 is 0 Å². The fraction of sp³-hybridized carbons (Fsp3) is 0. The largest absolute Gasteiger partial charge is 0.329 e. The van der Waals surface area contributed by atoms with E-state index in [4.69, 9.17) is 0 Å². The summed E-state index contributed by atoms with van der Waals surface area (Å²) in [4.78, 5) is 12.0. The predicted octanol–water partition coefficient (Wildman–Crippen LogP) is 1.43. The van der Waals surface area contributed by atoms with Crippen LogP contribution in [0, 0.1) is 0 Å². The maximum absolute atomic E-state index is 10.8. The molecular weight excluding hydrogens is 128 g/mol. The first-order valence-corrected chi connectivity index (χ1v) is 2.71. The van der Waals surface area contributed by atoms with E-state index >= 15 is 0 Å². The van der Waals surface area contributed by atoms with Gasteiger partial charge in [-0.05, 0) is 6.20 Å². The number of amides is 2. The summed E-state index contributed by atoms with van der Waals surface area (Å²) in [6.45, 7) is 10.1. The van der Waals surface area contributed by atoms with Gasteiger partial charge in [0.05, 0.1) is 0 Å². The molecule has 0 aliphatic rings. The van der Waals surface area contributed by atoms with Gasteiger partial charge < -0.3 is 5.32 Å². The van der Waals surface area contributed by atoms with Crippen LogP contribution in [0.4, 0.5) is 4.79 Å². The molecule has 0 spiro atoms. The Kier molecular flexibility index (Phi) is 3.72. The SMILES string of the molecule is C=CNC(=O)N(C=C)C=C. The topological polar surface area (TPSA) is 32.3 Å². The number of hydrogen-bond donors (Lipinski definition) is 1. The highest BCUT2D eigenvalue weighted by molar-refractivity contribution is 5.77. The molecule has 0 aromatic carbocycles. The molecule has 54 valence electrons. The minimum absolute atomic E-state index is 0.319. The molecule has 0 rings (SSSR count). The van der Waals surface area contributed by atoms with Crippen LogP contribution in [0.3, 0.4) is 0 Å². The van der Waals surface area contributed by atoms with Gasteiger partial charge in [0.15, 0.2) is 0 Å². The first-order valence-electron chi connectivity index (χ1n) is 2.71. The lowest BCUT2D eigenvalue weighted by atomic mass is 10.7. The smallest absolute Gasteiger partial charge is 0.315 e. The van der Waals surface area contributed by atoms with Gasteiger partial charge >= 0.3 is 6.03 Å². The molecule has 0 fully saturated rings. The van der Waals surface area contributed by atoms with E-state index in [1.165, 1.54) is 23.5 Å². The van der Waals surface area contributed by atoms with E-state index in [0.29, 0.717) is 0 Å².